The third-order valence-electron chi connectivity index (χ3n) is 3.39. The van der Waals surface area contributed by atoms with E-state index in [2.05, 4.69) is 18.7 Å². The molecule has 0 amide bonds. The quantitative estimate of drug-likeness (QED) is 0.760. The number of rotatable bonds is 6. The predicted octanol–water partition coefficient (Wildman–Crippen LogP) is 2.42. The van der Waals surface area contributed by atoms with Crippen molar-refractivity contribution in [2.45, 2.75) is 38.8 Å². The molecule has 1 saturated carbocycles. The Morgan fingerprint density at radius 3 is 2.33 bits per heavy atom. The van der Waals surface area contributed by atoms with Gasteiger partial charge in [0.25, 0.3) is 0 Å². The molecule has 1 aliphatic rings. The molecular formula is C15H24N2O. The lowest BCUT2D eigenvalue weighted by Gasteiger charge is -2.26. The Hall–Kier alpha value is -1.06. The average Bonchev–Trinajstić information content (AvgIpc) is 3.12. The standard InChI is InChI=1S/C15H24N2O/c1-11(2)9-17(14-7-8-14)10-15(18)12-3-5-13(16)6-4-12/h3-6,11,14-15,18H,7-10,16H2,1-2H3. The van der Waals surface area contributed by atoms with Gasteiger partial charge in [0.15, 0.2) is 0 Å². The third-order valence-corrected chi connectivity index (χ3v) is 3.39. The summed E-state index contributed by atoms with van der Waals surface area (Å²) >= 11 is 0. The molecule has 1 unspecified atom stereocenters. The number of anilines is 1. The van der Waals surface area contributed by atoms with E-state index in [1.54, 1.807) is 0 Å². The van der Waals surface area contributed by atoms with Crippen molar-refractivity contribution in [2.24, 2.45) is 5.92 Å². The number of benzene rings is 1. The molecule has 0 spiro atoms. The molecule has 2 rings (SSSR count). The van der Waals surface area contributed by atoms with E-state index >= 15 is 0 Å². The fraction of sp³-hybridized carbons (Fsp3) is 0.600. The van der Waals surface area contributed by atoms with Gasteiger partial charge in [0.05, 0.1) is 6.10 Å². The summed E-state index contributed by atoms with van der Waals surface area (Å²) in [5, 5.41) is 10.3. The highest BCUT2D eigenvalue weighted by molar-refractivity contribution is 5.39. The van der Waals surface area contributed by atoms with Crippen molar-refractivity contribution in [3.05, 3.63) is 29.8 Å². The monoisotopic (exact) mass is 248 g/mol. The summed E-state index contributed by atoms with van der Waals surface area (Å²) < 4.78 is 0. The Morgan fingerprint density at radius 2 is 1.83 bits per heavy atom. The number of nitrogen functional groups attached to an aromatic ring is 1. The van der Waals surface area contributed by atoms with Gasteiger partial charge < -0.3 is 10.8 Å². The summed E-state index contributed by atoms with van der Waals surface area (Å²) in [6.07, 6.45) is 2.15. The van der Waals surface area contributed by atoms with Crippen LogP contribution in [0.5, 0.6) is 0 Å². The molecule has 3 N–H and O–H groups in total. The van der Waals surface area contributed by atoms with Crippen LogP contribution in [0.2, 0.25) is 0 Å². The maximum Gasteiger partial charge on any atom is 0.0917 e. The van der Waals surface area contributed by atoms with Gasteiger partial charge in [0.2, 0.25) is 0 Å². The molecule has 3 nitrogen and oxygen atoms in total. The molecule has 1 aliphatic carbocycles. The first kappa shape index (κ1) is 13.4. The lowest BCUT2D eigenvalue weighted by Crippen LogP contribution is -2.33. The Balaban J connectivity index is 1.95. The average molecular weight is 248 g/mol. The van der Waals surface area contributed by atoms with Crippen LogP contribution in [0.15, 0.2) is 24.3 Å². The van der Waals surface area contributed by atoms with Crippen molar-refractivity contribution >= 4 is 5.69 Å². The van der Waals surface area contributed by atoms with Gasteiger partial charge in [0, 0.05) is 24.8 Å². The van der Waals surface area contributed by atoms with E-state index in [1.165, 1.54) is 12.8 Å². The second-order valence-electron chi connectivity index (χ2n) is 5.76. The van der Waals surface area contributed by atoms with Gasteiger partial charge in [-0.3, -0.25) is 4.90 Å². The van der Waals surface area contributed by atoms with Crippen molar-refractivity contribution in [3.63, 3.8) is 0 Å². The molecule has 0 aromatic heterocycles. The van der Waals surface area contributed by atoms with Crippen LogP contribution in [0, 0.1) is 5.92 Å². The fourth-order valence-corrected chi connectivity index (χ4v) is 2.33. The minimum atomic E-state index is -0.412. The topological polar surface area (TPSA) is 49.5 Å². The van der Waals surface area contributed by atoms with Crippen LogP contribution >= 0.6 is 0 Å². The lowest BCUT2D eigenvalue weighted by atomic mass is 10.1. The van der Waals surface area contributed by atoms with Crippen LogP contribution in [0.25, 0.3) is 0 Å². The second kappa shape index (κ2) is 5.72. The summed E-state index contributed by atoms with van der Waals surface area (Å²) in [5.74, 6) is 0.643. The Kier molecular flexibility index (Phi) is 4.25. The minimum Gasteiger partial charge on any atom is -0.399 e. The minimum absolute atomic E-state index is 0.412. The molecule has 1 aromatic carbocycles. The second-order valence-corrected chi connectivity index (χ2v) is 5.76. The smallest absolute Gasteiger partial charge is 0.0917 e. The summed E-state index contributed by atoms with van der Waals surface area (Å²) in [6.45, 7) is 6.25. The van der Waals surface area contributed by atoms with Crippen molar-refractivity contribution in [3.8, 4) is 0 Å². The van der Waals surface area contributed by atoms with Gasteiger partial charge >= 0.3 is 0 Å². The van der Waals surface area contributed by atoms with E-state index in [0.29, 0.717) is 12.0 Å². The molecule has 0 bridgehead atoms. The van der Waals surface area contributed by atoms with Gasteiger partial charge in [-0.2, -0.15) is 0 Å². The van der Waals surface area contributed by atoms with Gasteiger partial charge in [-0.15, -0.1) is 0 Å². The van der Waals surface area contributed by atoms with Crippen molar-refractivity contribution < 1.29 is 5.11 Å². The fourth-order valence-electron chi connectivity index (χ4n) is 2.33. The van der Waals surface area contributed by atoms with Crippen molar-refractivity contribution in [1.29, 1.82) is 0 Å². The first-order chi connectivity index (χ1) is 8.56. The number of aliphatic hydroxyl groups excluding tert-OH is 1. The molecule has 0 aliphatic heterocycles. The van der Waals surface area contributed by atoms with Crippen LogP contribution in [-0.4, -0.2) is 29.1 Å². The van der Waals surface area contributed by atoms with Crippen LogP contribution in [0.1, 0.15) is 38.4 Å². The molecule has 3 heteroatoms. The maximum absolute atomic E-state index is 10.3. The maximum atomic E-state index is 10.3. The molecular weight excluding hydrogens is 224 g/mol. The van der Waals surface area contributed by atoms with E-state index in [9.17, 15) is 5.11 Å². The largest absolute Gasteiger partial charge is 0.399 e. The highest BCUT2D eigenvalue weighted by atomic mass is 16.3. The Labute approximate surface area is 110 Å². The summed E-state index contributed by atoms with van der Waals surface area (Å²) in [5.41, 5.74) is 7.36. The Morgan fingerprint density at radius 1 is 1.22 bits per heavy atom. The molecule has 100 valence electrons. The van der Waals surface area contributed by atoms with E-state index in [-0.39, 0.29) is 0 Å². The molecule has 1 fully saturated rings. The zero-order chi connectivity index (χ0) is 13.1. The zero-order valence-corrected chi connectivity index (χ0v) is 11.3. The predicted molar refractivity (Wildman–Crippen MR) is 75.2 cm³/mol. The summed E-state index contributed by atoms with van der Waals surface area (Å²) in [7, 11) is 0. The van der Waals surface area contributed by atoms with Crippen LogP contribution in [0.3, 0.4) is 0 Å². The molecule has 1 atom stereocenters. The van der Waals surface area contributed by atoms with Crippen LogP contribution < -0.4 is 5.73 Å². The van der Waals surface area contributed by atoms with E-state index < -0.39 is 6.10 Å². The van der Waals surface area contributed by atoms with Gasteiger partial charge in [0.1, 0.15) is 0 Å². The highest BCUT2D eigenvalue weighted by Crippen LogP contribution is 2.29. The highest BCUT2D eigenvalue weighted by Gasteiger charge is 2.30. The summed E-state index contributed by atoms with van der Waals surface area (Å²) in [6, 6.07) is 8.22. The van der Waals surface area contributed by atoms with E-state index in [1.807, 2.05) is 24.3 Å². The number of aliphatic hydroxyl groups is 1. The van der Waals surface area contributed by atoms with E-state index in [0.717, 1.165) is 24.3 Å². The molecule has 1 aromatic rings. The molecule has 0 radical (unpaired) electrons. The Bertz CT molecular complexity index is 371. The third kappa shape index (κ3) is 3.72. The number of nitrogens with two attached hydrogens (primary N) is 1. The molecule has 0 saturated heterocycles. The molecule has 0 heterocycles. The van der Waals surface area contributed by atoms with Gasteiger partial charge in [-0.25, -0.2) is 0 Å². The number of hydrogen-bond acceptors (Lipinski definition) is 3. The SMILES string of the molecule is CC(C)CN(CC(O)c1ccc(N)cc1)C1CC1. The number of nitrogens with zero attached hydrogens (tertiary/aromatic N) is 1. The van der Waals surface area contributed by atoms with Gasteiger partial charge in [-0.1, -0.05) is 26.0 Å². The zero-order valence-electron chi connectivity index (χ0n) is 11.3. The van der Waals surface area contributed by atoms with Crippen molar-refractivity contribution in [2.75, 3.05) is 18.8 Å². The van der Waals surface area contributed by atoms with Gasteiger partial charge in [-0.05, 0) is 36.5 Å². The normalized spacial score (nSPS) is 17.4. The van der Waals surface area contributed by atoms with Crippen LogP contribution in [0.4, 0.5) is 5.69 Å². The first-order valence-corrected chi connectivity index (χ1v) is 6.84. The molecule has 18 heavy (non-hydrogen) atoms. The summed E-state index contributed by atoms with van der Waals surface area (Å²) in [4.78, 5) is 2.42. The number of hydrogen-bond donors (Lipinski definition) is 2. The van der Waals surface area contributed by atoms with E-state index in [4.69, 9.17) is 5.73 Å². The van der Waals surface area contributed by atoms with Crippen molar-refractivity contribution in [1.82, 2.24) is 4.90 Å². The lowest BCUT2D eigenvalue weighted by molar-refractivity contribution is 0.101. The van der Waals surface area contributed by atoms with Crippen LogP contribution in [-0.2, 0) is 0 Å². The first-order valence-electron chi connectivity index (χ1n) is 6.84.